The summed E-state index contributed by atoms with van der Waals surface area (Å²) in [5.74, 6) is 0. The Balaban J connectivity index is 0.000000271. The van der Waals surface area contributed by atoms with Gasteiger partial charge in [-0.15, -0.1) is 17.7 Å². The van der Waals surface area contributed by atoms with Gasteiger partial charge in [0.1, 0.15) is 0 Å². The Morgan fingerprint density at radius 3 is 1.36 bits per heavy atom. The van der Waals surface area contributed by atoms with Crippen molar-refractivity contribution in [3.63, 3.8) is 0 Å². The van der Waals surface area contributed by atoms with Crippen LogP contribution in [0, 0.1) is 0 Å². The first kappa shape index (κ1) is 23.7. The van der Waals surface area contributed by atoms with Crippen molar-refractivity contribution < 1.29 is 34.1 Å². The van der Waals surface area contributed by atoms with Crippen LogP contribution in [-0.4, -0.2) is 0 Å². The zero-order valence-electron chi connectivity index (χ0n) is 15.4. The van der Waals surface area contributed by atoms with Crippen molar-refractivity contribution in [2.45, 2.75) is 0 Å². The predicted octanol–water partition coefficient (Wildman–Crippen LogP) is 7.26. The van der Waals surface area contributed by atoms with Crippen LogP contribution in [-0.2, 0) is 34.1 Å². The van der Waals surface area contributed by atoms with Gasteiger partial charge in [0.05, 0.1) is 0 Å². The summed E-state index contributed by atoms with van der Waals surface area (Å²) in [5, 5.41) is 0. The molecule has 0 aliphatic heterocycles. The average Bonchev–Trinajstić information content (AvgIpc) is 3.50. The van der Waals surface area contributed by atoms with Crippen LogP contribution in [0.25, 0.3) is 22.3 Å². The zero-order valence-corrected chi connectivity index (χ0v) is 17.6. The number of hydrogen-bond donors (Lipinski definition) is 0. The minimum Gasteiger partial charge on any atom is -0.643 e. The summed E-state index contributed by atoms with van der Waals surface area (Å²) < 4.78 is 0. The van der Waals surface area contributed by atoms with E-state index in [2.05, 4.69) is 72.8 Å². The minimum absolute atomic E-state index is 0. The Hall–Kier alpha value is -2.34. The van der Waals surface area contributed by atoms with E-state index in [0.717, 1.165) is 0 Å². The quantitative estimate of drug-likeness (QED) is 0.198. The molecule has 5 aromatic carbocycles. The van der Waals surface area contributed by atoms with Gasteiger partial charge in [0, 0.05) is 34.1 Å². The summed E-state index contributed by atoms with van der Waals surface area (Å²) >= 11 is 0. The van der Waals surface area contributed by atoms with E-state index in [4.69, 9.17) is 0 Å². The normalized spacial score (nSPS) is 8.86. The molecule has 0 saturated heterocycles. The van der Waals surface area contributed by atoms with E-state index < -0.39 is 0 Å². The maximum atomic E-state index is 2.18. The van der Waals surface area contributed by atoms with Crippen molar-refractivity contribution >= 4 is 0 Å². The van der Waals surface area contributed by atoms with E-state index in [1.807, 2.05) is 60.7 Å². The maximum absolute atomic E-state index is 2.18. The molecule has 2 heteroatoms. The zero-order chi connectivity index (χ0) is 17.9. The third-order valence-corrected chi connectivity index (χ3v) is 3.99. The molecule has 28 heavy (non-hydrogen) atoms. The molecule has 0 unspecified atom stereocenters. The second kappa shape index (κ2) is 13.8. The first-order valence-corrected chi connectivity index (χ1v) is 8.81. The van der Waals surface area contributed by atoms with Crippen molar-refractivity contribution in [2.75, 3.05) is 0 Å². The molecule has 0 spiro atoms. The molecule has 5 aromatic rings. The molecule has 0 saturated carbocycles. The molecular weight excluding hydrogens is 424 g/mol. The molecule has 0 fully saturated rings. The van der Waals surface area contributed by atoms with E-state index >= 15 is 0 Å². The Morgan fingerprint density at radius 1 is 0.536 bits per heavy atom. The van der Waals surface area contributed by atoms with Crippen LogP contribution in [0.1, 0.15) is 0 Å². The summed E-state index contributed by atoms with van der Waals surface area (Å²) in [6, 6.07) is 45.5. The maximum Gasteiger partial charge on any atom is 0 e. The van der Waals surface area contributed by atoms with Crippen LogP contribution in [0.3, 0.4) is 0 Å². The summed E-state index contributed by atoms with van der Waals surface area (Å²) in [4.78, 5) is 0. The first-order valence-electron chi connectivity index (χ1n) is 8.81. The molecule has 0 aromatic heterocycles. The molecule has 0 N–H and O–H groups in total. The van der Waals surface area contributed by atoms with Crippen LogP contribution >= 0.6 is 0 Å². The van der Waals surface area contributed by atoms with Crippen molar-refractivity contribution in [1.29, 1.82) is 0 Å². The Morgan fingerprint density at radius 2 is 0.964 bits per heavy atom. The standard InChI is InChI=1S/C16H12.2C5H5.2Fe/c1-2-6-13(5-1)15-9-11-16(12-10-15)14-7-3-4-8-14;2*1-2-4-5-3-1;;/h1-12H;2*1-5H;;/q-6;2*-1;;. The second-order valence-electron chi connectivity index (χ2n) is 5.85. The van der Waals surface area contributed by atoms with Gasteiger partial charge in [-0.2, -0.15) is 54.1 Å². The molecule has 5 rings (SSSR count). The summed E-state index contributed by atoms with van der Waals surface area (Å²) in [7, 11) is 0. The van der Waals surface area contributed by atoms with E-state index in [1.54, 1.807) is 0 Å². The van der Waals surface area contributed by atoms with Crippen molar-refractivity contribution in [3.8, 4) is 22.3 Å². The first-order chi connectivity index (χ1) is 12.9. The van der Waals surface area contributed by atoms with Crippen molar-refractivity contribution in [3.05, 3.63) is 133 Å². The van der Waals surface area contributed by atoms with E-state index in [1.165, 1.54) is 22.3 Å². The van der Waals surface area contributed by atoms with Crippen LogP contribution in [0.15, 0.2) is 133 Å². The number of hydrogen-bond acceptors (Lipinski definition) is 0. The molecule has 0 heterocycles. The number of benzene rings is 1. The molecule has 0 radical (unpaired) electrons. The summed E-state index contributed by atoms with van der Waals surface area (Å²) in [6.45, 7) is 0. The smallest absolute Gasteiger partial charge is 0 e. The molecule has 0 atom stereocenters. The fourth-order valence-electron chi connectivity index (χ4n) is 2.63. The molecule has 0 bridgehead atoms. The van der Waals surface area contributed by atoms with E-state index in [-0.39, 0.29) is 34.1 Å². The summed E-state index contributed by atoms with van der Waals surface area (Å²) in [5.41, 5.74) is 5.13. The van der Waals surface area contributed by atoms with Crippen LogP contribution < -0.4 is 0 Å². The third-order valence-electron chi connectivity index (χ3n) is 3.99. The molecule has 0 aliphatic carbocycles. The van der Waals surface area contributed by atoms with Crippen LogP contribution in [0.2, 0.25) is 0 Å². The molecule has 150 valence electrons. The largest absolute Gasteiger partial charge is 0.643 e. The Bertz CT molecular complexity index is 779. The van der Waals surface area contributed by atoms with Gasteiger partial charge >= 0.3 is 0 Å². The molecule has 0 nitrogen and oxygen atoms in total. The summed E-state index contributed by atoms with van der Waals surface area (Å²) in [6.07, 6.45) is 0. The average molecular weight is 446 g/mol. The van der Waals surface area contributed by atoms with Gasteiger partial charge in [0.15, 0.2) is 0 Å². The Labute approximate surface area is 189 Å². The van der Waals surface area contributed by atoms with Gasteiger partial charge in [-0.1, -0.05) is 0 Å². The van der Waals surface area contributed by atoms with Gasteiger partial charge in [0.2, 0.25) is 0 Å². The number of rotatable bonds is 2. The molecular formula is C26H22Fe2-8. The monoisotopic (exact) mass is 446 g/mol. The van der Waals surface area contributed by atoms with Gasteiger partial charge in [-0.3, -0.25) is 0 Å². The van der Waals surface area contributed by atoms with Gasteiger partial charge in [-0.05, 0) is 0 Å². The fourth-order valence-corrected chi connectivity index (χ4v) is 2.63. The van der Waals surface area contributed by atoms with Gasteiger partial charge in [-0.25, -0.2) is 36.4 Å². The van der Waals surface area contributed by atoms with E-state index in [9.17, 15) is 0 Å². The molecule has 0 aliphatic rings. The van der Waals surface area contributed by atoms with Crippen molar-refractivity contribution in [2.24, 2.45) is 0 Å². The third kappa shape index (κ3) is 7.72. The fraction of sp³-hybridized carbons (Fsp3) is 0. The Kier molecular flexibility index (Phi) is 11.7. The van der Waals surface area contributed by atoms with Gasteiger partial charge in [0.25, 0.3) is 0 Å². The topological polar surface area (TPSA) is 0 Å². The predicted molar refractivity (Wildman–Crippen MR) is 113 cm³/mol. The van der Waals surface area contributed by atoms with E-state index in [0.29, 0.717) is 0 Å². The van der Waals surface area contributed by atoms with Gasteiger partial charge < -0.3 is 47.5 Å². The molecule has 0 amide bonds. The SMILES string of the molecule is [Fe].[Fe].c1cc[c-](-c2ccc(-[c-]3[cH-][cH-][cH-][cH-]3)cc2)c1.c1cc[cH-]c1.c1cc[cH-]c1. The van der Waals surface area contributed by atoms with Crippen LogP contribution in [0.5, 0.6) is 0 Å². The minimum atomic E-state index is 0. The van der Waals surface area contributed by atoms with Crippen LogP contribution in [0.4, 0.5) is 0 Å². The second-order valence-corrected chi connectivity index (χ2v) is 5.85. The van der Waals surface area contributed by atoms with Crippen molar-refractivity contribution in [1.82, 2.24) is 0 Å².